The van der Waals surface area contributed by atoms with Gasteiger partial charge in [0.1, 0.15) is 4.21 Å². The molecule has 1 rings (SSSR count). The normalized spacial score (nSPS) is 15.5. The molecule has 1 heterocycles. The van der Waals surface area contributed by atoms with E-state index in [-0.39, 0.29) is 22.5 Å². The van der Waals surface area contributed by atoms with E-state index in [1.54, 1.807) is 17.5 Å². The number of guanidine groups is 1. The Hall–Kier alpha value is -1.12. The Kier molecular flexibility index (Phi) is 8.01. The molecule has 0 amide bonds. The lowest BCUT2D eigenvalue weighted by molar-refractivity contribution is 0.206. The highest BCUT2D eigenvalue weighted by Gasteiger charge is 2.20. The summed E-state index contributed by atoms with van der Waals surface area (Å²) in [6, 6.07) is 3.45. The minimum atomic E-state index is -3.45. The zero-order chi connectivity index (χ0) is 17.5. The topological polar surface area (TPSA) is 90.8 Å². The maximum atomic E-state index is 12.1. The number of nitrogens with one attached hydrogen (secondary N) is 2. The van der Waals surface area contributed by atoms with Crippen molar-refractivity contribution in [1.82, 2.24) is 10.6 Å². The number of aliphatic hydroxyl groups excluding tert-OH is 1. The molecule has 2 unspecified atom stereocenters. The molecule has 6 nitrogen and oxygen atoms in total. The minimum absolute atomic E-state index is 0.0325. The van der Waals surface area contributed by atoms with Crippen LogP contribution in [0, 0.1) is 5.92 Å². The number of aliphatic imine (C=N–C) groups is 1. The second-order valence-corrected chi connectivity index (χ2v) is 8.97. The Morgan fingerprint density at radius 2 is 2.09 bits per heavy atom. The molecule has 0 radical (unpaired) electrons. The number of rotatable bonds is 8. The standard InChI is InChI=1S/C15H27N3O3S2/c1-5-16-15(18-12(4)11(2)3)17-9-13(19)10-23(20,21)14-7-6-8-22-14/h6-8,11-13,19H,5,9-10H2,1-4H3,(H2,16,17,18). The Labute approximate surface area is 143 Å². The van der Waals surface area contributed by atoms with Crippen LogP contribution in [0.25, 0.3) is 0 Å². The van der Waals surface area contributed by atoms with Crippen LogP contribution in [-0.2, 0) is 9.84 Å². The van der Waals surface area contributed by atoms with Crippen LogP contribution in [0.2, 0.25) is 0 Å². The third-order valence-electron chi connectivity index (χ3n) is 3.38. The lowest BCUT2D eigenvalue weighted by Crippen LogP contribution is -2.44. The highest BCUT2D eigenvalue weighted by Crippen LogP contribution is 2.18. The van der Waals surface area contributed by atoms with Crippen molar-refractivity contribution in [1.29, 1.82) is 0 Å². The molecule has 23 heavy (non-hydrogen) atoms. The van der Waals surface area contributed by atoms with Crippen molar-refractivity contribution in [3.05, 3.63) is 17.5 Å². The first-order valence-corrected chi connectivity index (χ1v) is 10.3. The summed E-state index contributed by atoms with van der Waals surface area (Å²) in [5, 5.41) is 18.1. The van der Waals surface area contributed by atoms with E-state index < -0.39 is 15.9 Å². The Morgan fingerprint density at radius 1 is 1.39 bits per heavy atom. The third-order valence-corrected chi connectivity index (χ3v) is 6.67. The van der Waals surface area contributed by atoms with Gasteiger partial charge in [-0.25, -0.2) is 8.42 Å². The van der Waals surface area contributed by atoms with Crippen molar-refractivity contribution in [3.8, 4) is 0 Å². The first-order chi connectivity index (χ1) is 10.8. The molecule has 0 aliphatic heterocycles. The molecule has 0 aliphatic rings. The van der Waals surface area contributed by atoms with Gasteiger partial charge in [-0.2, -0.15) is 0 Å². The monoisotopic (exact) mass is 361 g/mol. The smallest absolute Gasteiger partial charge is 0.191 e. The molecule has 0 aromatic carbocycles. The summed E-state index contributed by atoms with van der Waals surface area (Å²) in [7, 11) is -3.45. The van der Waals surface area contributed by atoms with Gasteiger partial charge in [0.2, 0.25) is 0 Å². The van der Waals surface area contributed by atoms with E-state index >= 15 is 0 Å². The number of thiophene rings is 1. The van der Waals surface area contributed by atoms with E-state index in [1.807, 2.05) is 6.92 Å². The fraction of sp³-hybridized carbons (Fsp3) is 0.667. The van der Waals surface area contributed by atoms with E-state index in [1.165, 1.54) is 0 Å². The van der Waals surface area contributed by atoms with Crippen LogP contribution in [0.1, 0.15) is 27.7 Å². The van der Waals surface area contributed by atoms with Crippen LogP contribution in [0.5, 0.6) is 0 Å². The van der Waals surface area contributed by atoms with Crippen molar-refractivity contribution < 1.29 is 13.5 Å². The minimum Gasteiger partial charge on any atom is -0.390 e. The second kappa shape index (κ2) is 9.24. The van der Waals surface area contributed by atoms with Crippen LogP contribution in [-0.4, -0.2) is 50.5 Å². The summed E-state index contributed by atoms with van der Waals surface area (Å²) >= 11 is 1.16. The molecular weight excluding hydrogens is 334 g/mol. The van der Waals surface area contributed by atoms with Crippen LogP contribution in [0.15, 0.2) is 26.7 Å². The summed E-state index contributed by atoms with van der Waals surface area (Å²) in [5.41, 5.74) is 0. The Bertz CT molecular complexity index is 583. The molecule has 3 N–H and O–H groups in total. The van der Waals surface area contributed by atoms with Gasteiger partial charge in [-0.1, -0.05) is 19.9 Å². The summed E-state index contributed by atoms with van der Waals surface area (Å²) in [6.45, 7) is 8.93. The second-order valence-electron chi connectivity index (χ2n) is 5.76. The SMILES string of the molecule is CCNC(=NCC(O)CS(=O)(=O)c1cccs1)NC(C)C(C)C. The number of nitrogens with zero attached hydrogens (tertiary/aromatic N) is 1. The summed E-state index contributed by atoms with van der Waals surface area (Å²) in [4.78, 5) is 4.28. The predicted molar refractivity (Wildman–Crippen MR) is 95.8 cm³/mol. The number of hydrogen-bond acceptors (Lipinski definition) is 5. The van der Waals surface area contributed by atoms with Gasteiger partial charge in [-0.15, -0.1) is 11.3 Å². The van der Waals surface area contributed by atoms with Gasteiger partial charge in [-0.05, 0) is 31.2 Å². The lowest BCUT2D eigenvalue weighted by atomic mass is 10.1. The summed E-state index contributed by atoms with van der Waals surface area (Å²) < 4.78 is 24.5. The summed E-state index contributed by atoms with van der Waals surface area (Å²) in [6.07, 6.45) is -1.04. The van der Waals surface area contributed by atoms with Crippen molar-refractivity contribution in [2.75, 3.05) is 18.8 Å². The molecule has 0 fully saturated rings. The Morgan fingerprint density at radius 3 is 2.61 bits per heavy atom. The van der Waals surface area contributed by atoms with Crippen molar-refractivity contribution in [3.63, 3.8) is 0 Å². The average molecular weight is 362 g/mol. The zero-order valence-electron chi connectivity index (χ0n) is 14.1. The van der Waals surface area contributed by atoms with Gasteiger partial charge in [0.25, 0.3) is 0 Å². The first-order valence-electron chi connectivity index (χ1n) is 7.75. The van der Waals surface area contributed by atoms with Crippen LogP contribution in [0.3, 0.4) is 0 Å². The molecule has 0 spiro atoms. The molecule has 8 heteroatoms. The van der Waals surface area contributed by atoms with Crippen LogP contribution in [0.4, 0.5) is 0 Å². The molecule has 132 valence electrons. The fourth-order valence-electron chi connectivity index (χ4n) is 1.73. The first kappa shape index (κ1) is 19.9. The average Bonchev–Trinajstić information content (AvgIpc) is 2.99. The lowest BCUT2D eigenvalue weighted by Gasteiger charge is -2.21. The number of sulfone groups is 1. The molecular formula is C15H27N3O3S2. The molecule has 1 aromatic rings. The van der Waals surface area contributed by atoms with Crippen molar-refractivity contribution in [2.24, 2.45) is 10.9 Å². The molecule has 2 atom stereocenters. The van der Waals surface area contributed by atoms with Crippen molar-refractivity contribution in [2.45, 2.75) is 44.0 Å². The van der Waals surface area contributed by atoms with Crippen LogP contribution < -0.4 is 10.6 Å². The van der Waals surface area contributed by atoms with E-state index in [9.17, 15) is 13.5 Å². The molecule has 0 saturated carbocycles. The van der Waals surface area contributed by atoms with Gasteiger partial charge < -0.3 is 15.7 Å². The predicted octanol–water partition coefficient (Wildman–Crippen LogP) is 1.48. The van der Waals surface area contributed by atoms with E-state index in [4.69, 9.17) is 0 Å². The molecule has 0 saturated heterocycles. The van der Waals surface area contributed by atoms with E-state index in [2.05, 4.69) is 36.4 Å². The van der Waals surface area contributed by atoms with E-state index in [0.29, 0.717) is 18.4 Å². The number of hydrogen-bond donors (Lipinski definition) is 3. The highest BCUT2D eigenvalue weighted by atomic mass is 32.2. The largest absolute Gasteiger partial charge is 0.390 e. The number of aliphatic hydroxyl groups is 1. The zero-order valence-corrected chi connectivity index (χ0v) is 15.7. The third kappa shape index (κ3) is 6.88. The van der Waals surface area contributed by atoms with Gasteiger partial charge in [0.05, 0.1) is 18.4 Å². The Balaban J connectivity index is 2.64. The fourth-order valence-corrected chi connectivity index (χ4v) is 4.20. The van der Waals surface area contributed by atoms with Gasteiger partial charge >= 0.3 is 0 Å². The maximum absolute atomic E-state index is 12.1. The molecule has 0 bridgehead atoms. The van der Waals surface area contributed by atoms with Crippen molar-refractivity contribution >= 4 is 27.1 Å². The van der Waals surface area contributed by atoms with Gasteiger partial charge in [-0.3, -0.25) is 4.99 Å². The summed E-state index contributed by atoms with van der Waals surface area (Å²) in [5.74, 6) is 0.695. The molecule has 0 aliphatic carbocycles. The van der Waals surface area contributed by atoms with E-state index in [0.717, 1.165) is 11.3 Å². The maximum Gasteiger partial charge on any atom is 0.191 e. The quantitative estimate of drug-likeness (QED) is 0.482. The molecule has 1 aromatic heterocycles. The van der Waals surface area contributed by atoms with Gasteiger partial charge in [0, 0.05) is 12.6 Å². The van der Waals surface area contributed by atoms with Gasteiger partial charge in [0.15, 0.2) is 15.8 Å². The highest BCUT2D eigenvalue weighted by molar-refractivity contribution is 7.93. The van der Waals surface area contributed by atoms with Crippen LogP contribution >= 0.6 is 11.3 Å².